The van der Waals surface area contributed by atoms with E-state index in [0.29, 0.717) is 25.8 Å². The van der Waals surface area contributed by atoms with E-state index >= 15 is 0 Å². The largest absolute Gasteiger partial charge is 0.497 e. The zero-order valence-electron chi connectivity index (χ0n) is 12.4. The summed E-state index contributed by atoms with van der Waals surface area (Å²) >= 11 is 0. The fraction of sp³-hybridized carbons (Fsp3) is 0.500. The van der Waals surface area contributed by atoms with Gasteiger partial charge in [0, 0.05) is 19.5 Å². The normalized spacial score (nSPS) is 21.0. The monoisotopic (exact) mass is 291 g/mol. The van der Waals surface area contributed by atoms with E-state index in [9.17, 15) is 9.59 Å². The molecule has 0 radical (unpaired) electrons. The van der Waals surface area contributed by atoms with Crippen molar-refractivity contribution in [3.8, 4) is 5.75 Å². The molecule has 2 atom stereocenters. The summed E-state index contributed by atoms with van der Waals surface area (Å²) in [7, 11) is 3.38. The molecule has 0 heterocycles. The molecule has 114 valence electrons. The van der Waals surface area contributed by atoms with Gasteiger partial charge in [0.2, 0.25) is 5.91 Å². The third-order valence-corrected chi connectivity index (χ3v) is 4.09. The van der Waals surface area contributed by atoms with Crippen LogP contribution in [0.4, 0.5) is 0 Å². The predicted molar refractivity (Wildman–Crippen MR) is 77.9 cm³/mol. The Morgan fingerprint density at radius 1 is 1.24 bits per heavy atom. The molecule has 0 bridgehead atoms. The summed E-state index contributed by atoms with van der Waals surface area (Å²) in [6.07, 6.45) is 1.73. The highest BCUT2D eigenvalue weighted by Gasteiger charge is 2.35. The summed E-state index contributed by atoms with van der Waals surface area (Å²) in [6, 6.07) is 7.59. The number of amides is 1. The molecule has 1 aliphatic carbocycles. The lowest BCUT2D eigenvalue weighted by Crippen LogP contribution is -2.31. The van der Waals surface area contributed by atoms with Crippen molar-refractivity contribution in [1.29, 1.82) is 0 Å². The molecule has 1 amide bonds. The average molecular weight is 291 g/mol. The van der Waals surface area contributed by atoms with Crippen molar-refractivity contribution in [2.24, 2.45) is 11.8 Å². The SMILES string of the molecule is COc1ccc(CN(C)C(=O)[C@@H]2CC[C@H](C(=O)O)C2)cc1. The summed E-state index contributed by atoms with van der Waals surface area (Å²) < 4.78 is 5.10. The van der Waals surface area contributed by atoms with Crippen molar-refractivity contribution in [3.05, 3.63) is 29.8 Å². The maximum atomic E-state index is 12.3. The van der Waals surface area contributed by atoms with Gasteiger partial charge in [-0.3, -0.25) is 9.59 Å². The van der Waals surface area contributed by atoms with Gasteiger partial charge in [0.25, 0.3) is 0 Å². The van der Waals surface area contributed by atoms with Gasteiger partial charge in [-0.1, -0.05) is 12.1 Å². The molecule has 5 heteroatoms. The van der Waals surface area contributed by atoms with Crippen LogP contribution in [0.3, 0.4) is 0 Å². The van der Waals surface area contributed by atoms with Crippen LogP contribution < -0.4 is 4.74 Å². The summed E-state index contributed by atoms with van der Waals surface area (Å²) in [5, 5.41) is 9.00. The molecule has 1 aromatic carbocycles. The predicted octanol–water partition coefficient (Wildman–Crippen LogP) is 2.15. The molecule has 0 aliphatic heterocycles. The Morgan fingerprint density at radius 2 is 1.86 bits per heavy atom. The van der Waals surface area contributed by atoms with Crippen LogP contribution >= 0.6 is 0 Å². The van der Waals surface area contributed by atoms with Crippen molar-refractivity contribution in [2.45, 2.75) is 25.8 Å². The lowest BCUT2D eigenvalue weighted by atomic mass is 10.0. The maximum Gasteiger partial charge on any atom is 0.306 e. The fourth-order valence-corrected chi connectivity index (χ4v) is 2.82. The molecule has 0 aromatic heterocycles. The molecule has 1 N–H and O–H groups in total. The number of benzene rings is 1. The van der Waals surface area contributed by atoms with Crippen LogP contribution in [0.5, 0.6) is 5.75 Å². The van der Waals surface area contributed by atoms with Gasteiger partial charge in [-0.2, -0.15) is 0 Å². The standard InChI is InChI=1S/C16H21NO4/c1-17(10-11-3-7-14(21-2)8-4-11)15(18)12-5-6-13(9-12)16(19)20/h3-4,7-8,12-13H,5-6,9-10H2,1-2H3,(H,19,20)/t12-,13+/m1/s1. The second kappa shape index (κ2) is 6.61. The van der Waals surface area contributed by atoms with Gasteiger partial charge in [-0.25, -0.2) is 0 Å². The molecule has 21 heavy (non-hydrogen) atoms. The van der Waals surface area contributed by atoms with E-state index in [2.05, 4.69) is 0 Å². The number of methoxy groups -OCH3 is 1. The van der Waals surface area contributed by atoms with E-state index in [1.165, 1.54) is 0 Å². The lowest BCUT2D eigenvalue weighted by Gasteiger charge is -2.21. The zero-order chi connectivity index (χ0) is 15.4. The molecule has 1 fully saturated rings. The topological polar surface area (TPSA) is 66.8 Å². The van der Waals surface area contributed by atoms with Crippen LogP contribution in [0.2, 0.25) is 0 Å². The van der Waals surface area contributed by atoms with Gasteiger partial charge in [-0.15, -0.1) is 0 Å². The molecule has 1 aliphatic rings. The molecule has 0 saturated heterocycles. The number of ether oxygens (including phenoxy) is 1. The average Bonchev–Trinajstić information content (AvgIpc) is 2.97. The van der Waals surface area contributed by atoms with E-state index in [-0.39, 0.29) is 17.7 Å². The van der Waals surface area contributed by atoms with E-state index in [1.807, 2.05) is 24.3 Å². The van der Waals surface area contributed by atoms with Crippen molar-refractivity contribution < 1.29 is 19.4 Å². The van der Waals surface area contributed by atoms with Gasteiger partial charge in [0.15, 0.2) is 0 Å². The van der Waals surface area contributed by atoms with Crippen molar-refractivity contribution >= 4 is 11.9 Å². The Balaban J connectivity index is 1.92. The highest BCUT2D eigenvalue weighted by atomic mass is 16.5. The number of carboxylic acid groups (broad SMARTS) is 1. The highest BCUT2D eigenvalue weighted by Crippen LogP contribution is 2.32. The Morgan fingerprint density at radius 3 is 2.38 bits per heavy atom. The minimum atomic E-state index is -0.789. The van der Waals surface area contributed by atoms with Gasteiger partial charge in [-0.05, 0) is 37.0 Å². The number of rotatable bonds is 5. The third kappa shape index (κ3) is 3.74. The number of hydrogen-bond acceptors (Lipinski definition) is 3. The first-order chi connectivity index (χ1) is 10.0. The van der Waals surface area contributed by atoms with Gasteiger partial charge in [0.05, 0.1) is 13.0 Å². The first kappa shape index (κ1) is 15.4. The van der Waals surface area contributed by atoms with E-state index in [1.54, 1.807) is 19.1 Å². The van der Waals surface area contributed by atoms with Gasteiger partial charge >= 0.3 is 5.97 Å². The Labute approximate surface area is 124 Å². The number of aliphatic carboxylic acids is 1. The van der Waals surface area contributed by atoms with Crippen LogP contribution in [0.1, 0.15) is 24.8 Å². The number of hydrogen-bond donors (Lipinski definition) is 1. The first-order valence-electron chi connectivity index (χ1n) is 7.12. The van der Waals surface area contributed by atoms with Crippen molar-refractivity contribution in [2.75, 3.05) is 14.2 Å². The molecule has 0 spiro atoms. The minimum Gasteiger partial charge on any atom is -0.497 e. The number of carbonyl (C=O) groups excluding carboxylic acids is 1. The molecule has 1 aromatic rings. The van der Waals surface area contributed by atoms with Crippen molar-refractivity contribution in [1.82, 2.24) is 4.90 Å². The van der Waals surface area contributed by atoms with E-state index < -0.39 is 5.97 Å². The van der Waals surface area contributed by atoms with E-state index in [4.69, 9.17) is 9.84 Å². The van der Waals surface area contributed by atoms with Crippen LogP contribution in [0.25, 0.3) is 0 Å². The number of carbonyl (C=O) groups is 2. The Kier molecular flexibility index (Phi) is 4.83. The summed E-state index contributed by atoms with van der Waals surface area (Å²) in [5.41, 5.74) is 1.03. The van der Waals surface area contributed by atoms with Crippen molar-refractivity contribution in [3.63, 3.8) is 0 Å². The van der Waals surface area contributed by atoms with Crippen LogP contribution in [0, 0.1) is 11.8 Å². The maximum absolute atomic E-state index is 12.3. The zero-order valence-corrected chi connectivity index (χ0v) is 12.4. The lowest BCUT2D eigenvalue weighted by molar-refractivity contribution is -0.141. The highest BCUT2D eigenvalue weighted by molar-refractivity contribution is 5.80. The molecule has 2 rings (SSSR count). The smallest absolute Gasteiger partial charge is 0.306 e. The number of nitrogens with zero attached hydrogens (tertiary/aromatic N) is 1. The first-order valence-corrected chi connectivity index (χ1v) is 7.12. The Hall–Kier alpha value is -2.04. The van der Waals surface area contributed by atoms with Crippen LogP contribution in [-0.2, 0) is 16.1 Å². The molecule has 5 nitrogen and oxygen atoms in total. The molecule has 1 saturated carbocycles. The van der Waals surface area contributed by atoms with Gasteiger partial charge in [0.1, 0.15) is 5.75 Å². The van der Waals surface area contributed by atoms with E-state index in [0.717, 1.165) is 11.3 Å². The minimum absolute atomic E-state index is 0.0366. The molecular formula is C16H21NO4. The van der Waals surface area contributed by atoms with Crippen LogP contribution in [-0.4, -0.2) is 36.0 Å². The fourth-order valence-electron chi connectivity index (χ4n) is 2.82. The summed E-state index contributed by atoms with van der Waals surface area (Å²) in [6.45, 7) is 0.525. The Bertz CT molecular complexity index is 512. The summed E-state index contributed by atoms with van der Waals surface area (Å²) in [4.78, 5) is 25.0. The third-order valence-electron chi connectivity index (χ3n) is 4.09. The van der Waals surface area contributed by atoms with Crippen LogP contribution in [0.15, 0.2) is 24.3 Å². The summed E-state index contributed by atoms with van der Waals surface area (Å²) in [5.74, 6) is -0.492. The second-order valence-corrected chi connectivity index (χ2v) is 5.59. The molecular weight excluding hydrogens is 270 g/mol. The quantitative estimate of drug-likeness (QED) is 0.902. The molecule has 0 unspecified atom stereocenters. The number of carboxylic acids is 1. The second-order valence-electron chi connectivity index (χ2n) is 5.59. The van der Waals surface area contributed by atoms with Gasteiger partial charge < -0.3 is 14.7 Å².